The van der Waals surface area contributed by atoms with Crippen molar-refractivity contribution in [3.63, 3.8) is 0 Å². The zero-order chi connectivity index (χ0) is 13.6. The van der Waals surface area contributed by atoms with Crippen LogP contribution in [0, 0.1) is 0 Å². The predicted octanol–water partition coefficient (Wildman–Crippen LogP) is 2.07. The van der Waals surface area contributed by atoms with E-state index in [2.05, 4.69) is 5.32 Å². The summed E-state index contributed by atoms with van der Waals surface area (Å²) in [7, 11) is 0. The van der Waals surface area contributed by atoms with Gasteiger partial charge < -0.3 is 10.4 Å². The van der Waals surface area contributed by atoms with Crippen molar-refractivity contribution in [3.05, 3.63) is 42.0 Å². The van der Waals surface area contributed by atoms with E-state index in [1.807, 2.05) is 30.3 Å². The molecule has 0 radical (unpaired) electrons. The van der Waals surface area contributed by atoms with Crippen LogP contribution in [0.4, 0.5) is 0 Å². The highest BCUT2D eigenvalue weighted by Crippen LogP contribution is 2.09. The summed E-state index contributed by atoms with van der Waals surface area (Å²) in [5, 5.41) is 11.5. The van der Waals surface area contributed by atoms with E-state index in [0.717, 1.165) is 5.56 Å². The number of carbonyl (C=O) groups is 2. The Labute approximate surface area is 106 Å². The summed E-state index contributed by atoms with van der Waals surface area (Å²) in [5.74, 6) is -1.45. The first-order chi connectivity index (χ1) is 8.48. The molecule has 0 aliphatic carbocycles. The average Bonchev–Trinajstić information content (AvgIpc) is 2.37. The Morgan fingerprint density at radius 1 is 1.33 bits per heavy atom. The fourth-order valence-electron chi connectivity index (χ4n) is 1.34. The zero-order valence-electron chi connectivity index (χ0n) is 10.5. The first-order valence-electron chi connectivity index (χ1n) is 5.76. The van der Waals surface area contributed by atoms with Crippen LogP contribution in [-0.2, 0) is 9.59 Å². The number of rotatable bonds is 5. The van der Waals surface area contributed by atoms with Gasteiger partial charge in [-0.05, 0) is 25.0 Å². The van der Waals surface area contributed by atoms with Crippen LogP contribution in [0.15, 0.2) is 36.4 Å². The molecule has 1 atom stereocenters. The molecule has 18 heavy (non-hydrogen) atoms. The Bertz CT molecular complexity index is 453. The molecule has 1 amide bonds. The van der Waals surface area contributed by atoms with Crippen LogP contribution in [0.5, 0.6) is 0 Å². The van der Waals surface area contributed by atoms with Gasteiger partial charge in [0.1, 0.15) is 5.54 Å². The van der Waals surface area contributed by atoms with Crippen molar-refractivity contribution >= 4 is 18.0 Å². The molecular weight excluding hydrogens is 230 g/mol. The Hall–Kier alpha value is -2.10. The Morgan fingerprint density at radius 3 is 2.44 bits per heavy atom. The second-order valence-electron chi connectivity index (χ2n) is 4.22. The minimum absolute atomic E-state index is 0.327. The first kappa shape index (κ1) is 14.0. The highest BCUT2D eigenvalue weighted by atomic mass is 16.4. The minimum atomic E-state index is -1.22. The SMILES string of the molecule is CCC(C)(NC(=O)C=Cc1ccccc1)C(=O)O. The summed E-state index contributed by atoms with van der Waals surface area (Å²) < 4.78 is 0. The highest BCUT2D eigenvalue weighted by Gasteiger charge is 2.31. The van der Waals surface area contributed by atoms with Crippen LogP contribution in [0.25, 0.3) is 6.08 Å². The lowest BCUT2D eigenvalue weighted by molar-refractivity contribution is -0.146. The van der Waals surface area contributed by atoms with Gasteiger partial charge >= 0.3 is 5.97 Å². The monoisotopic (exact) mass is 247 g/mol. The van der Waals surface area contributed by atoms with E-state index in [1.54, 1.807) is 13.0 Å². The van der Waals surface area contributed by atoms with Crippen LogP contribution in [-0.4, -0.2) is 22.5 Å². The fraction of sp³-hybridized carbons (Fsp3) is 0.286. The topological polar surface area (TPSA) is 66.4 Å². The standard InChI is InChI=1S/C14H17NO3/c1-3-14(2,13(17)18)15-12(16)10-9-11-7-5-4-6-8-11/h4-10H,3H2,1-2H3,(H,15,16)(H,17,18). The maximum absolute atomic E-state index is 11.6. The summed E-state index contributed by atoms with van der Waals surface area (Å²) in [6.45, 7) is 3.21. The van der Waals surface area contributed by atoms with Gasteiger partial charge in [0.25, 0.3) is 0 Å². The molecule has 0 aliphatic rings. The highest BCUT2D eigenvalue weighted by molar-refractivity contribution is 5.95. The predicted molar refractivity (Wildman–Crippen MR) is 70.0 cm³/mol. The van der Waals surface area contributed by atoms with E-state index < -0.39 is 17.4 Å². The van der Waals surface area contributed by atoms with Gasteiger partial charge in [0.15, 0.2) is 0 Å². The molecule has 0 spiro atoms. The third kappa shape index (κ3) is 3.73. The third-order valence-electron chi connectivity index (χ3n) is 2.80. The minimum Gasteiger partial charge on any atom is -0.480 e. The van der Waals surface area contributed by atoms with Crippen molar-refractivity contribution in [2.45, 2.75) is 25.8 Å². The summed E-state index contributed by atoms with van der Waals surface area (Å²) in [6, 6.07) is 9.34. The molecule has 96 valence electrons. The molecule has 2 N–H and O–H groups in total. The lowest BCUT2D eigenvalue weighted by Crippen LogP contribution is -2.51. The number of carboxylic acids is 1. The molecule has 0 fully saturated rings. The molecule has 1 aromatic carbocycles. The maximum atomic E-state index is 11.6. The van der Waals surface area contributed by atoms with Crippen molar-refractivity contribution in [2.75, 3.05) is 0 Å². The molecule has 0 saturated heterocycles. The van der Waals surface area contributed by atoms with E-state index in [1.165, 1.54) is 13.0 Å². The van der Waals surface area contributed by atoms with Gasteiger partial charge in [-0.15, -0.1) is 0 Å². The lowest BCUT2D eigenvalue weighted by Gasteiger charge is -2.23. The van der Waals surface area contributed by atoms with Crippen LogP contribution >= 0.6 is 0 Å². The second kappa shape index (κ2) is 6.00. The molecule has 1 rings (SSSR count). The molecule has 4 heteroatoms. The number of carbonyl (C=O) groups excluding carboxylic acids is 1. The van der Waals surface area contributed by atoms with E-state index in [9.17, 15) is 9.59 Å². The number of aliphatic carboxylic acids is 1. The van der Waals surface area contributed by atoms with Crippen LogP contribution in [0.3, 0.4) is 0 Å². The smallest absolute Gasteiger partial charge is 0.329 e. The number of hydrogen-bond acceptors (Lipinski definition) is 2. The molecular formula is C14H17NO3. The Morgan fingerprint density at radius 2 is 1.94 bits per heavy atom. The van der Waals surface area contributed by atoms with E-state index in [-0.39, 0.29) is 0 Å². The van der Waals surface area contributed by atoms with Gasteiger partial charge in [-0.3, -0.25) is 4.79 Å². The zero-order valence-corrected chi connectivity index (χ0v) is 10.5. The van der Waals surface area contributed by atoms with Crippen molar-refractivity contribution < 1.29 is 14.7 Å². The molecule has 0 bridgehead atoms. The number of amides is 1. The quantitative estimate of drug-likeness (QED) is 0.783. The molecule has 1 aromatic rings. The van der Waals surface area contributed by atoms with Crippen LogP contribution < -0.4 is 5.32 Å². The van der Waals surface area contributed by atoms with Crippen molar-refractivity contribution in [3.8, 4) is 0 Å². The molecule has 0 saturated carbocycles. The number of carboxylic acid groups (broad SMARTS) is 1. The molecule has 4 nitrogen and oxygen atoms in total. The van der Waals surface area contributed by atoms with Gasteiger partial charge in [-0.25, -0.2) is 4.79 Å². The van der Waals surface area contributed by atoms with Gasteiger partial charge in [0.05, 0.1) is 0 Å². The van der Waals surface area contributed by atoms with Gasteiger partial charge in [0, 0.05) is 6.08 Å². The van der Waals surface area contributed by atoms with E-state index in [4.69, 9.17) is 5.11 Å². The average molecular weight is 247 g/mol. The molecule has 0 aliphatic heterocycles. The number of nitrogens with one attached hydrogen (secondary N) is 1. The normalized spacial score (nSPS) is 14.1. The van der Waals surface area contributed by atoms with Crippen molar-refractivity contribution in [2.24, 2.45) is 0 Å². The second-order valence-corrected chi connectivity index (χ2v) is 4.22. The first-order valence-corrected chi connectivity index (χ1v) is 5.76. The summed E-state index contributed by atoms with van der Waals surface area (Å²) >= 11 is 0. The number of benzene rings is 1. The largest absolute Gasteiger partial charge is 0.480 e. The fourth-order valence-corrected chi connectivity index (χ4v) is 1.34. The van der Waals surface area contributed by atoms with Gasteiger partial charge in [-0.2, -0.15) is 0 Å². The van der Waals surface area contributed by atoms with Gasteiger partial charge in [0.2, 0.25) is 5.91 Å². The molecule has 0 heterocycles. The molecule has 1 unspecified atom stereocenters. The Balaban J connectivity index is 2.67. The van der Waals surface area contributed by atoms with Crippen molar-refractivity contribution in [1.82, 2.24) is 5.32 Å². The van der Waals surface area contributed by atoms with E-state index >= 15 is 0 Å². The van der Waals surface area contributed by atoms with Gasteiger partial charge in [-0.1, -0.05) is 37.3 Å². The number of hydrogen-bond donors (Lipinski definition) is 2. The van der Waals surface area contributed by atoms with Crippen LogP contribution in [0.2, 0.25) is 0 Å². The summed E-state index contributed by atoms with van der Waals surface area (Å²) in [5.41, 5.74) is -0.334. The maximum Gasteiger partial charge on any atom is 0.329 e. The van der Waals surface area contributed by atoms with E-state index in [0.29, 0.717) is 6.42 Å². The summed E-state index contributed by atoms with van der Waals surface area (Å²) in [6.07, 6.45) is 3.31. The van der Waals surface area contributed by atoms with Crippen LogP contribution in [0.1, 0.15) is 25.8 Å². The lowest BCUT2D eigenvalue weighted by atomic mass is 9.99. The Kier molecular flexibility index (Phi) is 4.66. The molecule has 0 aromatic heterocycles. The van der Waals surface area contributed by atoms with Crippen molar-refractivity contribution in [1.29, 1.82) is 0 Å². The summed E-state index contributed by atoms with van der Waals surface area (Å²) in [4.78, 5) is 22.7. The third-order valence-corrected chi connectivity index (χ3v) is 2.80.